The van der Waals surface area contributed by atoms with Crippen LogP contribution in [0.5, 0.6) is 0 Å². The second kappa shape index (κ2) is 5.23. The maximum absolute atomic E-state index is 10.9. The van der Waals surface area contributed by atoms with Crippen molar-refractivity contribution in [3.8, 4) is 0 Å². The molecule has 88 valence electrons. The molecule has 0 radical (unpaired) electrons. The van der Waals surface area contributed by atoms with E-state index in [1.165, 1.54) is 0 Å². The topological polar surface area (TPSA) is 58.2 Å². The van der Waals surface area contributed by atoms with Crippen LogP contribution in [-0.2, 0) is 16.4 Å². The van der Waals surface area contributed by atoms with Crippen LogP contribution in [0.4, 0.5) is 0 Å². The Balaban J connectivity index is 2.62. The molecule has 1 atom stereocenters. The number of pyridine rings is 1. The van der Waals surface area contributed by atoms with Crippen LogP contribution in [0.15, 0.2) is 31.1 Å². The average molecular weight is 242 g/mol. The highest BCUT2D eigenvalue weighted by Gasteiger charge is 2.16. The molecule has 1 unspecified atom stereocenters. The van der Waals surface area contributed by atoms with Crippen molar-refractivity contribution in [2.75, 3.05) is 12.0 Å². The normalized spacial score (nSPS) is 13.4. The molecule has 1 N–H and O–H groups in total. The highest BCUT2D eigenvalue weighted by Crippen LogP contribution is 1.97. The Hall–Kier alpha value is -1.20. The molecular formula is C11H16NO3S+. The third-order valence-electron chi connectivity index (χ3n) is 2.07. The van der Waals surface area contributed by atoms with Crippen LogP contribution >= 0.6 is 0 Å². The van der Waals surface area contributed by atoms with Crippen molar-refractivity contribution in [2.45, 2.75) is 12.6 Å². The average Bonchev–Trinajstić information content (AvgIpc) is 2.16. The molecule has 0 bridgehead atoms. The fraction of sp³-hybridized carbons (Fsp3) is 0.364. The lowest BCUT2D eigenvalue weighted by Crippen LogP contribution is -2.41. The van der Waals surface area contributed by atoms with Crippen molar-refractivity contribution in [3.05, 3.63) is 36.7 Å². The number of hydrogen-bond acceptors (Lipinski definition) is 3. The van der Waals surface area contributed by atoms with Gasteiger partial charge in [-0.1, -0.05) is 12.7 Å². The monoisotopic (exact) mass is 242 g/mol. The molecule has 1 aromatic heterocycles. The molecule has 16 heavy (non-hydrogen) atoms. The number of aliphatic hydroxyl groups excluding tert-OH is 1. The quantitative estimate of drug-likeness (QED) is 0.741. The second-order valence-corrected chi connectivity index (χ2v) is 5.96. The molecule has 1 aromatic rings. The standard InChI is InChI=1S/C11H16NO3S/c1-3-10-4-6-12(7-5-10)8-11(13)9-16(2,14)15/h3-7,11,13H,1,8-9H2,2H3/q+1. The van der Waals surface area contributed by atoms with E-state index in [0.29, 0.717) is 0 Å². The Morgan fingerprint density at radius 1 is 1.50 bits per heavy atom. The molecule has 0 aliphatic heterocycles. The van der Waals surface area contributed by atoms with Crippen LogP contribution in [0.1, 0.15) is 5.56 Å². The van der Waals surface area contributed by atoms with Gasteiger partial charge < -0.3 is 5.11 Å². The van der Waals surface area contributed by atoms with Gasteiger partial charge in [0.05, 0.1) is 5.75 Å². The maximum Gasteiger partial charge on any atom is 0.175 e. The Kier molecular flexibility index (Phi) is 4.20. The first-order valence-electron chi connectivity index (χ1n) is 4.88. The molecule has 1 rings (SSSR count). The summed E-state index contributed by atoms with van der Waals surface area (Å²) >= 11 is 0. The van der Waals surface area contributed by atoms with Gasteiger partial charge >= 0.3 is 0 Å². The number of nitrogens with zero attached hydrogens (tertiary/aromatic N) is 1. The van der Waals surface area contributed by atoms with Gasteiger partial charge in [0.25, 0.3) is 0 Å². The third kappa shape index (κ3) is 4.55. The Morgan fingerprint density at radius 2 is 2.06 bits per heavy atom. The number of hydrogen-bond donors (Lipinski definition) is 1. The van der Waals surface area contributed by atoms with Crippen LogP contribution in [0.2, 0.25) is 0 Å². The second-order valence-electron chi connectivity index (χ2n) is 3.78. The predicted molar refractivity (Wildman–Crippen MR) is 62.4 cm³/mol. The smallest absolute Gasteiger partial charge is 0.175 e. The molecule has 0 fully saturated rings. The maximum atomic E-state index is 10.9. The minimum absolute atomic E-state index is 0.219. The van der Waals surface area contributed by atoms with Crippen molar-refractivity contribution < 1.29 is 18.1 Å². The lowest BCUT2D eigenvalue weighted by atomic mass is 10.2. The van der Waals surface area contributed by atoms with Crippen molar-refractivity contribution >= 4 is 15.9 Å². The third-order valence-corrected chi connectivity index (χ3v) is 3.06. The van der Waals surface area contributed by atoms with Gasteiger partial charge in [0.1, 0.15) is 15.9 Å². The summed E-state index contributed by atoms with van der Waals surface area (Å²) in [6.07, 6.45) is 5.51. The first-order valence-corrected chi connectivity index (χ1v) is 6.94. The Bertz CT molecular complexity index is 451. The molecule has 0 aromatic carbocycles. The van der Waals surface area contributed by atoms with E-state index in [0.717, 1.165) is 11.8 Å². The van der Waals surface area contributed by atoms with Crippen molar-refractivity contribution in [1.82, 2.24) is 0 Å². The Labute approximate surface area is 95.8 Å². The summed E-state index contributed by atoms with van der Waals surface area (Å²) in [7, 11) is -3.14. The lowest BCUT2D eigenvalue weighted by molar-refractivity contribution is -0.702. The molecule has 1 heterocycles. The summed E-state index contributed by atoms with van der Waals surface area (Å²) in [4.78, 5) is 0. The van der Waals surface area contributed by atoms with E-state index in [1.54, 1.807) is 23.0 Å². The van der Waals surface area contributed by atoms with Gasteiger partial charge in [0, 0.05) is 18.4 Å². The van der Waals surface area contributed by atoms with Crippen molar-refractivity contribution in [2.24, 2.45) is 0 Å². The SMILES string of the molecule is C=Cc1cc[n+](CC(O)CS(C)(=O)=O)cc1. The molecule has 0 saturated carbocycles. The van der Waals surface area contributed by atoms with Crippen molar-refractivity contribution in [1.29, 1.82) is 0 Å². The summed E-state index contributed by atoms with van der Waals surface area (Å²) in [6, 6.07) is 3.69. The lowest BCUT2D eigenvalue weighted by Gasteiger charge is -2.05. The zero-order valence-electron chi connectivity index (χ0n) is 9.20. The molecule has 0 spiro atoms. The van der Waals surface area contributed by atoms with Crippen LogP contribution in [0, 0.1) is 0 Å². The van der Waals surface area contributed by atoms with E-state index in [9.17, 15) is 13.5 Å². The molecular weight excluding hydrogens is 226 g/mol. The summed E-state index contributed by atoms with van der Waals surface area (Å²) in [5.41, 5.74) is 0.980. The van der Waals surface area contributed by atoms with Gasteiger partial charge in [-0.3, -0.25) is 0 Å². The number of rotatable bonds is 5. The van der Waals surface area contributed by atoms with Crippen LogP contribution in [0.25, 0.3) is 6.08 Å². The Morgan fingerprint density at radius 3 is 2.50 bits per heavy atom. The molecule has 4 nitrogen and oxygen atoms in total. The first-order chi connectivity index (χ1) is 7.40. The molecule has 5 heteroatoms. The number of aliphatic hydroxyl groups is 1. The fourth-order valence-electron chi connectivity index (χ4n) is 1.37. The largest absolute Gasteiger partial charge is 0.385 e. The molecule has 0 amide bonds. The van der Waals surface area contributed by atoms with Crippen LogP contribution < -0.4 is 4.57 Å². The van der Waals surface area contributed by atoms with Crippen LogP contribution in [-0.4, -0.2) is 31.6 Å². The van der Waals surface area contributed by atoms with E-state index < -0.39 is 15.9 Å². The minimum atomic E-state index is -3.14. The summed E-state index contributed by atoms with van der Waals surface area (Å²) in [6.45, 7) is 3.90. The van der Waals surface area contributed by atoms with Gasteiger partial charge in [0.2, 0.25) is 0 Å². The van der Waals surface area contributed by atoms with E-state index in [-0.39, 0.29) is 12.3 Å². The van der Waals surface area contributed by atoms with E-state index >= 15 is 0 Å². The summed E-state index contributed by atoms with van der Waals surface area (Å²) in [5, 5.41) is 9.54. The van der Waals surface area contributed by atoms with E-state index in [1.807, 2.05) is 12.1 Å². The number of aromatic nitrogens is 1. The van der Waals surface area contributed by atoms with Gasteiger partial charge in [-0.25, -0.2) is 13.0 Å². The van der Waals surface area contributed by atoms with E-state index in [2.05, 4.69) is 6.58 Å². The van der Waals surface area contributed by atoms with Gasteiger partial charge in [0.15, 0.2) is 18.9 Å². The van der Waals surface area contributed by atoms with Gasteiger partial charge in [-0.15, -0.1) is 0 Å². The molecule has 0 aliphatic carbocycles. The van der Waals surface area contributed by atoms with Crippen molar-refractivity contribution in [3.63, 3.8) is 0 Å². The molecule has 0 aliphatic rings. The summed E-state index contributed by atoms with van der Waals surface area (Å²) < 4.78 is 23.6. The minimum Gasteiger partial charge on any atom is -0.385 e. The van der Waals surface area contributed by atoms with Crippen LogP contribution in [0.3, 0.4) is 0 Å². The highest BCUT2D eigenvalue weighted by atomic mass is 32.2. The molecule has 0 saturated heterocycles. The zero-order valence-corrected chi connectivity index (χ0v) is 10.0. The van der Waals surface area contributed by atoms with Gasteiger partial charge in [-0.2, -0.15) is 0 Å². The summed E-state index contributed by atoms with van der Waals surface area (Å²) in [5.74, 6) is -0.219. The zero-order chi connectivity index (χ0) is 12.2. The highest BCUT2D eigenvalue weighted by molar-refractivity contribution is 7.90. The van der Waals surface area contributed by atoms with Gasteiger partial charge in [-0.05, 0) is 5.56 Å². The predicted octanol–water partition coefficient (Wildman–Crippen LogP) is 0.0226. The van der Waals surface area contributed by atoms with E-state index in [4.69, 9.17) is 0 Å². The fourth-order valence-corrected chi connectivity index (χ4v) is 2.18. The first kappa shape index (κ1) is 12.9. The number of sulfone groups is 1.